The largest absolute Gasteiger partial charge is 0.352 e. The summed E-state index contributed by atoms with van der Waals surface area (Å²) in [5.74, 6) is -0.0670. The molecule has 0 heterocycles. The Morgan fingerprint density at radius 1 is 1.25 bits per heavy atom. The number of carbonyl (C=O) groups excluding carboxylic acids is 1. The maximum atomic E-state index is 12.1. The maximum Gasteiger partial charge on any atom is 0.252 e. The van der Waals surface area contributed by atoms with E-state index >= 15 is 0 Å². The summed E-state index contributed by atoms with van der Waals surface area (Å²) < 4.78 is 0.847. The molecule has 0 saturated heterocycles. The average molecular weight is 353 g/mol. The molecule has 2 aromatic rings. The first-order valence-corrected chi connectivity index (χ1v) is 7.53. The highest BCUT2D eigenvalue weighted by Crippen LogP contribution is 2.20. The number of hydrogen-bond donors (Lipinski definition) is 1. The van der Waals surface area contributed by atoms with Gasteiger partial charge in [0.25, 0.3) is 5.91 Å². The van der Waals surface area contributed by atoms with Crippen molar-refractivity contribution in [1.29, 1.82) is 0 Å². The van der Waals surface area contributed by atoms with Crippen molar-refractivity contribution in [2.75, 3.05) is 6.54 Å². The molecular weight excluding hydrogens is 338 g/mol. The summed E-state index contributed by atoms with van der Waals surface area (Å²) in [6, 6.07) is 13.3. The first-order chi connectivity index (χ1) is 9.58. The van der Waals surface area contributed by atoms with Gasteiger partial charge in [-0.3, -0.25) is 4.79 Å². The second-order valence-corrected chi connectivity index (χ2v) is 5.80. The molecular formula is C16H15BrClNO. The summed E-state index contributed by atoms with van der Waals surface area (Å²) in [4.78, 5) is 12.1. The highest BCUT2D eigenvalue weighted by Gasteiger charge is 2.10. The van der Waals surface area contributed by atoms with Gasteiger partial charge in [-0.2, -0.15) is 0 Å². The van der Waals surface area contributed by atoms with E-state index in [-0.39, 0.29) is 5.91 Å². The lowest BCUT2D eigenvalue weighted by atomic mass is 10.1. The number of nitrogens with one attached hydrogen (secondary N) is 1. The topological polar surface area (TPSA) is 29.1 Å². The zero-order chi connectivity index (χ0) is 14.5. The molecule has 0 unspecified atom stereocenters. The van der Waals surface area contributed by atoms with Crippen LogP contribution in [0.5, 0.6) is 0 Å². The van der Waals surface area contributed by atoms with Crippen molar-refractivity contribution < 1.29 is 4.79 Å². The summed E-state index contributed by atoms with van der Waals surface area (Å²) in [5, 5.41) is 3.64. The fourth-order valence-corrected chi connectivity index (χ4v) is 2.59. The molecule has 0 aliphatic heterocycles. The molecule has 0 aliphatic carbocycles. The smallest absolute Gasteiger partial charge is 0.252 e. The highest BCUT2D eigenvalue weighted by atomic mass is 79.9. The Morgan fingerprint density at radius 3 is 2.75 bits per heavy atom. The third kappa shape index (κ3) is 3.84. The van der Waals surface area contributed by atoms with Gasteiger partial charge in [-0.05, 0) is 58.6 Å². The number of amides is 1. The standard InChI is InChI=1S/C16H15BrClNO/c1-11-4-2-7-14(15(11)17)16(20)19-9-8-12-5-3-6-13(18)10-12/h2-7,10H,8-9H2,1H3,(H,19,20). The number of hydrogen-bond acceptors (Lipinski definition) is 1. The molecule has 0 radical (unpaired) electrons. The number of aryl methyl sites for hydroxylation is 1. The molecule has 104 valence electrons. The Balaban J connectivity index is 1.94. The summed E-state index contributed by atoms with van der Waals surface area (Å²) in [6.07, 6.45) is 0.760. The van der Waals surface area contributed by atoms with E-state index in [1.54, 1.807) is 0 Å². The Bertz CT molecular complexity index is 628. The van der Waals surface area contributed by atoms with Crippen LogP contribution in [0.15, 0.2) is 46.9 Å². The fraction of sp³-hybridized carbons (Fsp3) is 0.188. The van der Waals surface area contributed by atoms with Gasteiger partial charge in [-0.25, -0.2) is 0 Å². The van der Waals surface area contributed by atoms with E-state index in [9.17, 15) is 4.79 Å². The average Bonchev–Trinajstić information content (AvgIpc) is 2.42. The zero-order valence-corrected chi connectivity index (χ0v) is 13.5. The Morgan fingerprint density at radius 2 is 2.00 bits per heavy atom. The van der Waals surface area contributed by atoms with Crippen molar-refractivity contribution in [2.45, 2.75) is 13.3 Å². The molecule has 2 aromatic carbocycles. The van der Waals surface area contributed by atoms with E-state index in [0.717, 1.165) is 27.0 Å². The third-order valence-corrected chi connectivity index (χ3v) is 4.31. The second kappa shape index (κ2) is 6.91. The van der Waals surface area contributed by atoms with E-state index in [2.05, 4.69) is 21.2 Å². The molecule has 2 nitrogen and oxygen atoms in total. The quantitative estimate of drug-likeness (QED) is 0.869. The molecule has 20 heavy (non-hydrogen) atoms. The molecule has 0 fully saturated rings. The van der Waals surface area contributed by atoms with Gasteiger partial charge in [0.05, 0.1) is 5.56 Å². The van der Waals surface area contributed by atoms with Crippen molar-refractivity contribution in [1.82, 2.24) is 5.32 Å². The molecule has 2 rings (SSSR count). The number of benzene rings is 2. The van der Waals surface area contributed by atoms with Crippen molar-refractivity contribution in [2.24, 2.45) is 0 Å². The van der Waals surface area contributed by atoms with Crippen LogP contribution >= 0.6 is 27.5 Å². The molecule has 4 heteroatoms. The van der Waals surface area contributed by atoms with Crippen molar-refractivity contribution in [3.05, 3.63) is 68.7 Å². The normalized spacial score (nSPS) is 10.3. The van der Waals surface area contributed by atoms with Crippen LogP contribution in [-0.2, 0) is 6.42 Å². The van der Waals surface area contributed by atoms with E-state index in [1.807, 2.05) is 49.4 Å². The molecule has 0 bridgehead atoms. The molecule has 0 atom stereocenters. The van der Waals surface area contributed by atoms with Gasteiger partial charge in [-0.15, -0.1) is 0 Å². The van der Waals surface area contributed by atoms with E-state index in [0.29, 0.717) is 12.1 Å². The number of halogens is 2. The Labute approximate surface area is 132 Å². The Kier molecular flexibility index (Phi) is 5.21. The van der Waals surface area contributed by atoms with Crippen LogP contribution in [0, 0.1) is 6.92 Å². The molecule has 0 spiro atoms. The lowest BCUT2D eigenvalue weighted by Gasteiger charge is -2.08. The number of carbonyl (C=O) groups is 1. The molecule has 0 aromatic heterocycles. The predicted octanol–water partition coefficient (Wildman–Crippen LogP) is 4.38. The van der Waals surface area contributed by atoms with Gasteiger partial charge in [0.2, 0.25) is 0 Å². The summed E-state index contributed by atoms with van der Waals surface area (Å²) >= 11 is 9.38. The molecule has 0 saturated carbocycles. The van der Waals surface area contributed by atoms with Crippen LogP contribution < -0.4 is 5.32 Å². The first kappa shape index (κ1) is 15.1. The number of rotatable bonds is 4. The van der Waals surface area contributed by atoms with Crippen molar-refractivity contribution >= 4 is 33.4 Å². The summed E-state index contributed by atoms with van der Waals surface area (Å²) in [6.45, 7) is 2.55. The van der Waals surface area contributed by atoms with Gasteiger partial charge >= 0.3 is 0 Å². The monoisotopic (exact) mass is 351 g/mol. The second-order valence-electron chi connectivity index (χ2n) is 4.57. The van der Waals surface area contributed by atoms with Crippen LogP contribution in [0.25, 0.3) is 0 Å². The predicted molar refractivity (Wildman–Crippen MR) is 86.4 cm³/mol. The van der Waals surface area contributed by atoms with Crippen LogP contribution in [0.1, 0.15) is 21.5 Å². The lowest BCUT2D eigenvalue weighted by Crippen LogP contribution is -2.26. The van der Waals surface area contributed by atoms with Gasteiger partial charge in [0.15, 0.2) is 0 Å². The summed E-state index contributed by atoms with van der Waals surface area (Å²) in [5.41, 5.74) is 2.82. The minimum absolute atomic E-state index is 0.0670. The Hall–Kier alpha value is -1.32. The van der Waals surface area contributed by atoms with Gasteiger partial charge < -0.3 is 5.32 Å². The molecule has 1 N–H and O–H groups in total. The lowest BCUT2D eigenvalue weighted by molar-refractivity contribution is 0.0953. The third-order valence-electron chi connectivity index (χ3n) is 3.02. The van der Waals surface area contributed by atoms with Gasteiger partial charge in [0, 0.05) is 16.0 Å². The van der Waals surface area contributed by atoms with Gasteiger partial charge in [0.1, 0.15) is 0 Å². The highest BCUT2D eigenvalue weighted by molar-refractivity contribution is 9.10. The van der Waals surface area contributed by atoms with E-state index in [4.69, 9.17) is 11.6 Å². The van der Waals surface area contributed by atoms with Crippen LogP contribution in [0.2, 0.25) is 5.02 Å². The SMILES string of the molecule is Cc1cccc(C(=O)NCCc2cccc(Cl)c2)c1Br. The molecule has 1 amide bonds. The fourth-order valence-electron chi connectivity index (χ4n) is 1.93. The van der Waals surface area contributed by atoms with Crippen molar-refractivity contribution in [3.63, 3.8) is 0 Å². The minimum atomic E-state index is -0.0670. The minimum Gasteiger partial charge on any atom is -0.352 e. The summed E-state index contributed by atoms with van der Waals surface area (Å²) in [7, 11) is 0. The van der Waals surface area contributed by atoms with Crippen LogP contribution in [-0.4, -0.2) is 12.5 Å². The maximum absolute atomic E-state index is 12.1. The van der Waals surface area contributed by atoms with Crippen molar-refractivity contribution in [3.8, 4) is 0 Å². The first-order valence-electron chi connectivity index (χ1n) is 6.35. The van der Waals surface area contributed by atoms with Crippen LogP contribution in [0.3, 0.4) is 0 Å². The zero-order valence-electron chi connectivity index (χ0n) is 11.1. The van der Waals surface area contributed by atoms with Gasteiger partial charge in [-0.1, -0.05) is 35.9 Å². The van der Waals surface area contributed by atoms with E-state index in [1.165, 1.54) is 0 Å². The van der Waals surface area contributed by atoms with E-state index < -0.39 is 0 Å². The molecule has 0 aliphatic rings. The van der Waals surface area contributed by atoms with Crippen LogP contribution in [0.4, 0.5) is 0 Å².